The van der Waals surface area contributed by atoms with Crippen LogP contribution in [0.1, 0.15) is 44.3 Å². The molecule has 3 nitrogen and oxygen atoms in total. The molecule has 0 aromatic carbocycles. The second kappa shape index (κ2) is 5.69. The molecule has 0 saturated heterocycles. The number of hydrogen-bond acceptors (Lipinski definition) is 3. The lowest BCUT2D eigenvalue weighted by atomic mass is 9.99. The topological polar surface area (TPSA) is 28.4 Å². The molecule has 0 atom stereocenters. The molecule has 17 heavy (non-hydrogen) atoms. The summed E-state index contributed by atoms with van der Waals surface area (Å²) in [6, 6.07) is 2.16. The average Bonchev–Trinajstić information content (AvgIpc) is 2.60. The molecule has 0 radical (unpaired) electrons. The molecule has 3 heteroatoms. The zero-order chi connectivity index (χ0) is 13.1. The van der Waals surface area contributed by atoms with Crippen LogP contribution < -0.4 is 5.32 Å². The smallest absolute Gasteiger partial charge is 0.118 e. The van der Waals surface area contributed by atoms with Crippen molar-refractivity contribution in [3.63, 3.8) is 0 Å². The van der Waals surface area contributed by atoms with E-state index in [0.717, 1.165) is 31.0 Å². The van der Waals surface area contributed by atoms with Gasteiger partial charge in [-0.05, 0) is 47.4 Å². The van der Waals surface area contributed by atoms with Crippen molar-refractivity contribution in [1.29, 1.82) is 0 Å². The first-order valence-corrected chi connectivity index (χ1v) is 6.34. The quantitative estimate of drug-likeness (QED) is 0.826. The van der Waals surface area contributed by atoms with Gasteiger partial charge in [0, 0.05) is 17.6 Å². The van der Waals surface area contributed by atoms with E-state index in [0.29, 0.717) is 0 Å². The minimum Gasteiger partial charge on any atom is -0.465 e. The number of aryl methyl sites for hydroxylation is 1. The summed E-state index contributed by atoms with van der Waals surface area (Å²) >= 11 is 0. The molecule has 0 unspecified atom stereocenters. The second-order valence-corrected chi connectivity index (χ2v) is 5.35. The SMILES string of the molecule is CCC(C)(C)N(C)Cc1cc(CNC)oc1C. The predicted molar refractivity (Wildman–Crippen MR) is 72.0 cm³/mol. The van der Waals surface area contributed by atoms with Crippen LogP contribution in [0.4, 0.5) is 0 Å². The van der Waals surface area contributed by atoms with E-state index in [1.54, 1.807) is 0 Å². The van der Waals surface area contributed by atoms with Crippen LogP contribution in [0.3, 0.4) is 0 Å². The van der Waals surface area contributed by atoms with E-state index in [-0.39, 0.29) is 5.54 Å². The third-order valence-corrected chi connectivity index (χ3v) is 3.73. The van der Waals surface area contributed by atoms with Gasteiger partial charge in [0.1, 0.15) is 11.5 Å². The molecule has 0 bridgehead atoms. The fourth-order valence-corrected chi connectivity index (χ4v) is 1.75. The molecule has 1 N–H and O–H groups in total. The van der Waals surface area contributed by atoms with Gasteiger partial charge in [-0.2, -0.15) is 0 Å². The van der Waals surface area contributed by atoms with Gasteiger partial charge in [-0.3, -0.25) is 4.90 Å². The van der Waals surface area contributed by atoms with Crippen molar-refractivity contribution in [2.75, 3.05) is 14.1 Å². The van der Waals surface area contributed by atoms with Crippen molar-refractivity contribution in [2.45, 2.75) is 52.7 Å². The highest BCUT2D eigenvalue weighted by atomic mass is 16.3. The van der Waals surface area contributed by atoms with Gasteiger partial charge in [0.2, 0.25) is 0 Å². The summed E-state index contributed by atoms with van der Waals surface area (Å²) in [5, 5.41) is 3.11. The van der Waals surface area contributed by atoms with E-state index in [2.05, 4.69) is 44.1 Å². The van der Waals surface area contributed by atoms with Crippen molar-refractivity contribution in [2.24, 2.45) is 0 Å². The zero-order valence-corrected chi connectivity index (χ0v) is 12.1. The van der Waals surface area contributed by atoms with E-state index < -0.39 is 0 Å². The highest BCUT2D eigenvalue weighted by molar-refractivity contribution is 5.21. The van der Waals surface area contributed by atoms with E-state index in [9.17, 15) is 0 Å². The first-order valence-electron chi connectivity index (χ1n) is 6.34. The Kier molecular flexibility index (Phi) is 4.78. The largest absolute Gasteiger partial charge is 0.465 e. The molecule has 0 aliphatic heterocycles. The van der Waals surface area contributed by atoms with Crippen LogP contribution in [0.2, 0.25) is 0 Å². The highest BCUT2D eigenvalue weighted by Gasteiger charge is 2.22. The molecule has 0 spiro atoms. The molecule has 1 rings (SSSR count). The summed E-state index contributed by atoms with van der Waals surface area (Å²) in [6.45, 7) is 10.6. The van der Waals surface area contributed by atoms with Gasteiger partial charge in [0.15, 0.2) is 0 Å². The van der Waals surface area contributed by atoms with Crippen molar-refractivity contribution in [1.82, 2.24) is 10.2 Å². The van der Waals surface area contributed by atoms with Crippen LogP contribution in [-0.2, 0) is 13.1 Å². The van der Waals surface area contributed by atoms with Gasteiger partial charge >= 0.3 is 0 Å². The number of hydrogen-bond donors (Lipinski definition) is 1. The standard InChI is InChI=1S/C14H26N2O/c1-7-14(3,4)16(6)10-12-8-13(9-15-5)17-11(12)2/h8,15H,7,9-10H2,1-6H3. The molecule has 0 aliphatic rings. The fourth-order valence-electron chi connectivity index (χ4n) is 1.75. The van der Waals surface area contributed by atoms with Crippen molar-refractivity contribution in [3.8, 4) is 0 Å². The summed E-state index contributed by atoms with van der Waals surface area (Å²) in [5.74, 6) is 2.05. The third kappa shape index (κ3) is 3.58. The van der Waals surface area contributed by atoms with Crippen molar-refractivity contribution >= 4 is 0 Å². The molecule has 1 heterocycles. The van der Waals surface area contributed by atoms with Crippen molar-refractivity contribution in [3.05, 3.63) is 23.2 Å². The van der Waals surface area contributed by atoms with Gasteiger partial charge in [-0.1, -0.05) is 6.92 Å². The summed E-state index contributed by atoms with van der Waals surface area (Å²) in [6.07, 6.45) is 1.14. The summed E-state index contributed by atoms with van der Waals surface area (Å²) in [4.78, 5) is 2.38. The van der Waals surface area contributed by atoms with Crippen LogP contribution in [0.15, 0.2) is 10.5 Å². The Morgan fingerprint density at radius 1 is 1.41 bits per heavy atom. The van der Waals surface area contributed by atoms with Gasteiger partial charge < -0.3 is 9.73 Å². The van der Waals surface area contributed by atoms with Crippen LogP contribution in [0, 0.1) is 6.92 Å². The maximum Gasteiger partial charge on any atom is 0.118 e. The van der Waals surface area contributed by atoms with Crippen LogP contribution in [0.5, 0.6) is 0 Å². The second-order valence-electron chi connectivity index (χ2n) is 5.35. The Bertz CT molecular complexity index is 355. The normalized spacial score (nSPS) is 12.4. The minimum absolute atomic E-state index is 0.229. The summed E-state index contributed by atoms with van der Waals surface area (Å²) in [5.41, 5.74) is 1.52. The monoisotopic (exact) mass is 238 g/mol. The Hall–Kier alpha value is -0.800. The van der Waals surface area contributed by atoms with E-state index in [1.807, 2.05) is 14.0 Å². The molecule has 0 amide bonds. The molecular formula is C14H26N2O. The molecule has 98 valence electrons. The van der Waals surface area contributed by atoms with Gasteiger partial charge in [0.25, 0.3) is 0 Å². The van der Waals surface area contributed by atoms with Crippen LogP contribution in [0.25, 0.3) is 0 Å². The number of nitrogens with zero attached hydrogens (tertiary/aromatic N) is 1. The first kappa shape index (κ1) is 14.3. The Morgan fingerprint density at radius 3 is 2.59 bits per heavy atom. The van der Waals surface area contributed by atoms with Gasteiger partial charge in [0.05, 0.1) is 6.54 Å². The van der Waals surface area contributed by atoms with E-state index in [4.69, 9.17) is 4.42 Å². The van der Waals surface area contributed by atoms with Gasteiger partial charge in [-0.25, -0.2) is 0 Å². The lowest BCUT2D eigenvalue weighted by Gasteiger charge is -2.34. The molecule has 1 aromatic heterocycles. The lowest BCUT2D eigenvalue weighted by molar-refractivity contribution is 0.142. The number of rotatable bonds is 6. The van der Waals surface area contributed by atoms with Gasteiger partial charge in [-0.15, -0.1) is 0 Å². The van der Waals surface area contributed by atoms with Crippen molar-refractivity contribution < 1.29 is 4.42 Å². The maximum atomic E-state index is 5.71. The Balaban J connectivity index is 2.74. The average molecular weight is 238 g/mol. The van der Waals surface area contributed by atoms with Crippen LogP contribution in [-0.4, -0.2) is 24.5 Å². The lowest BCUT2D eigenvalue weighted by Crippen LogP contribution is -2.39. The zero-order valence-electron chi connectivity index (χ0n) is 12.1. The summed E-state index contributed by atoms with van der Waals surface area (Å²) < 4.78 is 5.71. The Labute approximate surface area is 105 Å². The molecule has 1 aromatic rings. The Morgan fingerprint density at radius 2 is 2.06 bits per heavy atom. The van der Waals surface area contributed by atoms with E-state index in [1.165, 1.54) is 5.56 Å². The predicted octanol–water partition coefficient (Wildman–Crippen LogP) is 2.93. The van der Waals surface area contributed by atoms with E-state index >= 15 is 0 Å². The number of nitrogens with one attached hydrogen (secondary N) is 1. The molecule has 0 aliphatic carbocycles. The number of furan rings is 1. The minimum atomic E-state index is 0.229. The first-order chi connectivity index (χ1) is 7.90. The third-order valence-electron chi connectivity index (χ3n) is 3.73. The molecule has 0 saturated carbocycles. The maximum absolute atomic E-state index is 5.71. The fraction of sp³-hybridized carbons (Fsp3) is 0.714. The van der Waals surface area contributed by atoms with Crippen LogP contribution >= 0.6 is 0 Å². The molecular weight excluding hydrogens is 212 g/mol. The summed E-state index contributed by atoms with van der Waals surface area (Å²) in [7, 11) is 4.11. The molecule has 0 fully saturated rings. The highest BCUT2D eigenvalue weighted by Crippen LogP contribution is 2.22.